The van der Waals surface area contributed by atoms with Crippen molar-refractivity contribution in [3.63, 3.8) is 0 Å². The van der Waals surface area contributed by atoms with Crippen LogP contribution in [-0.4, -0.2) is 11.7 Å². The van der Waals surface area contributed by atoms with Crippen LogP contribution in [0.5, 0.6) is 0 Å². The summed E-state index contributed by atoms with van der Waals surface area (Å²) in [7, 11) is 0. The topological polar surface area (TPSA) is 76.4 Å². The second-order valence-electron chi connectivity index (χ2n) is 9.62. The smallest absolute Gasteiger partial charge is 0.412 e. The van der Waals surface area contributed by atoms with Gasteiger partial charge in [0.05, 0.1) is 17.4 Å². The predicted octanol–water partition coefficient (Wildman–Crippen LogP) is 7.55. The number of rotatable bonds is 9. The Labute approximate surface area is 203 Å². The van der Waals surface area contributed by atoms with Crippen LogP contribution in [0.15, 0.2) is 72.8 Å². The molecule has 0 aromatic heterocycles. The first-order valence-electron chi connectivity index (χ1n) is 12.0. The molecule has 34 heavy (non-hydrogen) atoms. The number of benzene rings is 3. The normalized spacial score (nSPS) is 12.1. The zero-order chi connectivity index (χ0) is 24.6. The number of ether oxygens (including phenoxy) is 1. The number of unbranched alkanes of at least 4 members (excludes halogenated alkanes) is 2. The summed E-state index contributed by atoms with van der Waals surface area (Å²) in [6.45, 7) is 7.73. The largest absolute Gasteiger partial charge is 0.444 e. The van der Waals surface area contributed by atoms with Gasteiger partial charge in [0.25, 0.3) is 0 Å². The molecule has 0 saturated carbocycles. The summed E-state index contributed by atoms with van der Waals surface area (Å²) in [6.07, 6.45) is 4.26. The van der Waals surface area contributed by atoms with Gasteiger partial charge in [0.2, 0.25) is 0 Å². The molecule has 0 spiro atoms. The number of hydrogen-bond donors (Lipinski definition) is 3. The van der Waals surface area contributed by atoms with E-state index in [0.29, 0.717) is 11.4 Å². The van der Waals surface area contributed by atoms with Crippen LogP contribution >= 0.6 is 0 Å². The van der Waals surface area contributed by atoms with Gasteiger partial charge in [-0.1, -0.05) is 74.4 Å². The molecule has 1 amide bonds. The van der Waals surface area contributed by atoms with Crippen molar-refractivity contribution in [2.45, 2.75) is 65.0 Å². The molecule has 0 aliphatic rings. The first kappa shape index (κ1) is 25.2. The Morgan fingerprint density at radius 2 is 1.59 bits per heavy atom. The van der Waals surface area contributed by atoms with Gasteiger partial charge in [-0.15, -0.1) is 0 Å². The van der Waals surface area contributed by atoms with Crippen molar-refractivity contribution in [1.29, 1.82) is 0 Å². The summed E-state index contributed by atoms with van der Waals surface area (Å²) in [6, 6.07) is 24.4. The predicted molar refractivity (Wildman–Crippen MR) is 142 cm³/mol. The van der Waals surface area contributed by atoms with Crippen LogP contribution in [0, 0.1) is 0 Å². The summed E-state index contributed by atoms with van der Waals surface area (Å²) in [5.41, 5.74) is 11.0. The van der Waals surface area contributed by atoms with Gasteiger partial charge in [-0.3, -0.25) is 5.32 Å². The standard InChI is InChI=1S/C29H37N3O2/c1-5-6-8-11-21-14-16-23(17-15-21)27(22-12-9-7-10-13-22)31-25-19-18-24(30)20-26(25)32-28(33)34-29(2,3)4/h7,9-10,12-20,27,31H,5-6,8,11,30H2,1-4H3,(H,32,33). The molecule has 5 heteroatoms. The lowest BCUT2D eigenvalue weighted by Gasteiger charge is -2.24. The van der Waals surface area contributed by atoms with E-state index in [1.54, 1.807) is 6.07 Å². The van der Waals surface area contributed by atoms with Crippen LogP contribution in [0.25, 0.3) is 0 Å². The van der Waals surface area contributed by atoms with Crippen molar-refractivity contribution in [1.82, 2.24) is 0 Å². The Morgan fingerprint density at radius 1 is 0.912 bits per heavy atom. The van der Waals surface area contributed by atoms with Crippen molar-refractivity contribution in [2.24, 2.45) is 0 Å². The second kappa shape index (κ2) is 11.6. The fourth-order valence-corrected chi connectivity index (χ4v) is 3.82. The molecule has 3 aromatic rings. The fourth-order valence-electron chi connectivity index (χ4n) is 3.82. The highest BCUT2D eigenvalue weighted by molar-refractivity contribution is 5.91. The van der Waals surface area contributed by atoms with E-state index in [2.05, 4.69) is 54.0 Å². The molecule has 0 bridgehead atoms. The minimum atomic E-state index is -0.594. The van der Waals surface area contributed by atoms with Crippen molar-refractivity contribution in [3.05, 3.63) is 89.5 Å². The Bertz CT molecular complexity index is 1060. The van der Waals surface area contributed by atoms with Crippen LogP contribution in [0.4, 0.5) is 21.9 Å². The third-order valence-electron chi connectivity index (χ3n) is 5.49. The molecular formula is C29H37N3O2. The van der Waals surface area contributed by atoms with Gasteiger partial charge >= 0.3 is 6.09 Å². The highest BCUT2D eigenvalue weighted by Gasteiger charge is 2.20. The van der Waals surface area contributed by atoms with Crippen molar-refractivity contribution in [3.8, 4) is 0 Å². The van der Waals surface area contributed by atoms with E-state index >= 15 is 0 Å². The lowest BCUT2D eigenvalue weighted by atomic mass is 9.96. The fraction of sp³-hybridized carbons (Fsp3) is 0.345. The van der Waals surface area contributed by atoms with Crippen LogP contribution in [0.3, 0.4) is 0 Å². The quantitative estimate of drug-likeness (QED) is 0.228. The maximum atomic E-state index is 12.5. The molecule has 0 saturated heterocycles. The number of nitrogens with two attached hydrogens (primary N) is 1. The van der Waals surface area contributed by atoms with Crippen molar-refractivity contribution < 1.29 is 9.53 Å². The summed E-state index contributed by atoms with van der Waals surface area (Å²) >= 11 is 0. The second-order valence-corrected chi connectivity index (χ2v) is 9.62. The van der Waals surface area contributed by atoms with Gasteiger partial charge in [0.15, 0.2) is 0 Å². The Kier molecular flexibility index (Phi) is 8.58. The zero-order valence-electron chi connectivity index (χ0n) is 20.7. The molecule has 4 N–H and O–H groups in total. The van der Waals surface area contributed by atoms with E-state index in [-0.39, 0.29) is 6.04 Å². The molecule has 180 valence electrons. The summed E-state index contributed by atoms with van der Waals surface area (Å²) in [4.78, 5) is 12.5. The van der Waals surface area contributed by atoms with E-state index in [1.807, 2.05) is 51.1 Å². The molecule has 0 heterocycles. The molecule has 0 aliphatic carbocycles. The number of anilines is 3. The van der Waals surface area contributed by atoms with Gasteiger partial charge in [-0.25, -0.2) is 4.79 Å². The molecule has 3 rings (SSSR count). The number of carbonyl (C=O) groups is 1. The van der Waals surface area contributed by atoms with Gasteiger partial charge in [-0.05, 0) is 68.5 Å². The number of hydrogen-bond acceptors (Lipinski definition) is 4. The van der Waals surface area contributed by atoms with Gasteiger partial charge in [-0.2, -0.15) is 0 Å². The van der Waals surface area contributed by atoms with E-state index < -0.39 is 11.7 Å². The zero-order valence-corrected chi connectivity index (χ0v) is 20.7. The number of carbonyl (C=O) groups excluding carboxylic acids is 1. The molecule has 0 aliphatic heterocycles. The number of nitrogen functional groups attached to an aromatic ring is 1. The SMILES string of the molecule is CCCCCc1ccc(C(Nc2ccc(N)cc2NC(=O)OC(C)(C)C)c2ccccc2)cc1. The van der Waals surface area contributed by atoms with Crippen molar-refractivity contribution in [2.75, 3.05) is 16.4 Å². The minimum absolute atomic E-state index is 0.103. The summed E-state index contributed by atoms with van der Waals surface area (Å²) in [5, 5.41) is 6.47. The van der Waals surface area contributed by atoms with Crippen LogP contribution in [0.2, 0.25) is 0 Å². The third-order valence-corrected chi connectivity index (χ3v) is 5.49. The molecule has 1 unspecified atom stereocenters. The monoisotopic (exact) mass is 459 g/mol. The third kappa shape index (κ3) is 7.55. The number of aryl methyl sites for hydroxylation is 1. The number of amides is 1. The molecular weight excluding hydrogens is 422 g/mol. The van der Waals surface area contributed by atoms with E-state index in [1.165, 1.54) is 24.8 Å². The molecule has 1 atom stereocenters. The van der Waals surface area contributed by atoms with Crippen LogP contribution < -0.4 is 16.4 Å². The maximum Gasteiger partial charge on any atom is 0.412 e. The van der Waals surface area contributed by atoms with Gasteiger partial charge in [0, 0.05) is 5.69 Å². The average Bonchev–Trinajstić information content (AvgIpc) is 2.79. The van der Waals surface area contributed by atoms with E-state index in [9.17, 15) is 4.79 Å². The summed E-state index contributed by atoms with van der Waals surface area (Å²) < 4.78 is 5.45. The lowest BCUT2D eigenvalue weighted by molar-refractivity contribution is 0.0636. The van der Waals surface area contributed by atoms with Crippen LogP contribution in [-0.2, 0) is 11.2 Å². The van der Waals surface area contributed by atoms with E-state index in [4.69, 9.17) is 10.5 Å². The Balaban J connectivity index is 1.88. The van der Waals surface area contributed by atoms with E-state index in [0.717, 1.165) is 23.2 Å². The maximum absolute atomic E-state index is 12.5. The highest BCUT2D eigenvalue weighted by Crippen LogP contribution is 2.32. The Morgan fingerprint density at radius 3 is 2.24 bits per heavy atom. The van der Waals surface area contributed by atoms with Crippen LogP contribution in [0.1, 0.15) is 69.7 Å². The molecule has 5 nitrogen and oxygen atoms in total. The molecule has 0 radical (unpaired) electrons. The first-order chi connectivity index (χ1) is 16.2. The van der Waals surface area contributed by atoms with Crippen molar-refractivity contribution >= 4 is 23.2 Å². The minimum Gasteiger partial charge on any atom is -0.444 e. The van der Waals surface area contributed by atoms with Gasteiger partial charge < -0.3 is 15.8 Å². The molecule has 3 aromatic carbocycles. The average molecular weight is 460 g/mol. The Hall–Kier alpha value is -3.47. The van der Waals surface area contributed by atoms with Gasteiger partial charge in [0.1, 0.15) is 5.60 Å². The first-order valence-corrected chi connectivity index (χ1v) is 12.0. The summed E-state index contributed by atoms with van der Waals surface area (Å²) in [5.74, 6) is 0. The lowest BCUT2D eigenvalue weighted by Crippen LogP contribution is -2.27. The highest BCUT2D eigenvalue weighted by atomic mass is 16.6. The number of nitrogens with one attached hydrogen (secondary N) is 2. The molecule has 0 fully saturated rings.